The molecule has 0 aliphatic heterocycles. The maximum Gasteiger partial charge on any atom is 0.340 e. The van der Waals surface area contributed by atoms with Crippen LogP contribution in [0, 0.1) is 0 Å². The minimum absolute atomic E-state index is 0.0931. The van der Waals surface area contributed by atoms with E-state index in [-0.39, 0.29) is 18.8 Å². The van der Waals surface area contributed by atoms with Crippen molar-refractivity contribution in [3.8, 4) is 0 Å². The van der Waals surface area contributed by atoms with Crippen LogP contribution in [0.5, 0.6) is 0 Å². The van der Waals surface area contributed by atoms with Crippen LogP contribution in [0.15, 0.2) is 47.4 Å². The molecule has 298 valence electrons. The molecular formula is C44H74O7S. The Labute approximate surface area is 318 Å². The number of unbranched alkanes of at least 4 members (excludes halogenated alkanes) is 24. The largest absolute Gasteiger partial charge is 0.462 e. The lowest BCUT2D eigenvalue weighted by atomic mass is 10.1. The van der Waals surface area contributed by atoms with Gasteiger partial charge in [0.25, 0.3) is 10.1 Å². The van der Waals surface area contributed by atoms with Gasteiger partial charge in [-0.25, -0.2) is 9.59 Å². The molecule has 0 aliphatic rings. The predicted molar refractivity (Wildman–Crippen MR) is 216 cm³/mol. The highest BCUT2D eigenvalue weighted by molar-refractivity contribution is 7.86. The van der Waals surface area contributed by atoms with Gasteiger partial charge in [0, 0.05) is 0 Å². The zero-order valence-electron chi connectivity index (χ0n) is 33.1. The Balaban J connectivity index is 2.29. The molecule has 0 radical (unpaired) electrons. The minimum atomic E-state index is -4.77. The predicted octanol–water partition coefficient (Wildman–Crippen LogP) is 13.3. The second kappa shape index (κ2) is 33.1. The standard InChI is InChI=1S/C44H74O7S/c1-3-5-7-9-11-13-15-17-19-21-23-25-27-29-31-33-38-50-43(45)40-36-35-37-41(52(47,48)49)42(40)44(46)51-39-34-32-30-28-26-24-22-20-18-16-14-12-10-8-6-4-2/h21-24,35-37H,3-20,25-34,38-39H2,1-2H3,(H,47,48,49)/b23-21+,24-22+. The molecular weight excluding hydrogens is 673 g/mol. The quantitative estimate of drug-likeness (QED) is 0.0319. The van der Waals surface area contributed by atoms with Crippen molar-refractivity contribution in [2.45, 2.75) is 199 Å². The third kappa shape index (κ3) is 25.5. The summed E-state index contributed by atoms with van der Waals surface area (Å²) < 4.78 is 44.7. The molecule has 0 aromatic heterocycles. The Morgan fingerprint density at radius 1 is 0.519 bits per heavy atom. The number of ether oxygens (including phenoxy) is 2. The van der Waals surface area contributed by atoms with E-state index < -0.39 is 32.5 Å². The summed E-state index contributed by atoms with van der Waals surface area (Å²) >= 11 is 0. The average Bonchev–Trinajstić information content (AvgIpc) is 3.13. The number of carbonyl (C=O) groups excluding carboxylic acids is 2. The monoisotopic (exact) mass is 747 g/mol. The highest BCUT2D eigenvalue weighted by atomic mass is 32.2. The van der Waals surface area contributed by atoms with Gasteiger partial charge in [-0.1, -0.05) is 160 Å². The maximum atomic E-state index is 13.0. The topological polar surface area (TPSA) is 107 Å². The van der Waals surface area contributed by atoms with Gasteiger partial charge in [-0.15, -0.1) is 0 Å². The Bertz CT molecular complexity index is 1200. The lowest BCUT2D eigenvalue weighted by Crippen LogP contribution is -2.19. The SMILES string of the molecule is CCCCCCCCCC/C=C/CCCCCCOC(=O)c1cccc(S(=O)(=O)O)c1C(=O)OCCCCCC/C=C/CCCCCCCCCC. The fraction of sp³-hybridized carbons (Fsp3) is 0.727. The number of esters is 2. The molecule has 0 heterocycles. The number of rotatable bonds is 35. The molecule has 0 unspecified atom stereocenters. The van der Waals surface area contributed by atoms with Gasteiger partial charge >= 0.3 is 11.9 Å². The van der Waals surface area contributed by atoms with E-state index in [1.165, 1.54) is 115 Å². The van der Waals surface area contributed by atoms with E-state index in [9.17, 15) is 22.6 Å². The normalized spacial score (nSPS) is 11.9. The summed E-state index contributed by atoms with van der Waals surface area (Å²) in [6, 6.07) is 3.73. The molecule has 0 saturated heterocycles. The molecule has 8 heteroatoms. The molecule has 0 bridgehead atoms. The number of carbonyl (C=O) groups is 2. The zero-order chi connectivity index (χ0) is 38.0. The number of benzene rings is 1. The van der Waals surface area contributed by atoms with Crippen molar-refractivity contribution in [3.63, 3.8) is 0 Å². The summed E-state index contributed by atoms with van der Waals surface area (Å²) in [6.07, 6.45) is 42.0. The Morgan fingerprint density at radius 3 is 1.25 bits per heavy atom. The van der Waals surface area contributed by atoms with Crippen LogP contribution in [0.4, 0.5) is 0 Å². The molecule has 7 nitrogen and oxygen atoms in total. The minimum Gasteiger partial charge on any atom is -0.462 e. The van der Waals surface area contributed by atoms with E-state index in [0.29, 0.717) is 12.8 Å². The third-order valence-corrected chi connectivity index (χ3v) is 10.4. The van der Waals surface area contributed by atoms with Gasteiger partial charge in [0.2, 0.25) is 0 Å². The lowest BCUT2D eigenvalue weighted by molar-refractivity contribution is 0.0446. The number of hydrogen-bond acceptors (Lipinski definition) is 6. The fourth-order valence-electron chi connectivity index (χ4n) is 6.31. The van der Waals surface area contributed by atoms with Crippen LogP contribution in [0.2, 0.25) is 0 Å². The van der Waals surface area contributed by atoms with Crippen LogP contribution >= 0.6 is 0 Å². The van der Waals surface area contributed by atoms with Crippen LogP contribution < -0.4 is 0 Å². The summed E-state index contributed by atoms with van der Waals surface area (Å²) in [5, 5.41) is 0. The Kier molecular flexibility index (Phi) is 30.3. The molecule has 0 saturated carbocycles. The summed E-state index contributed by atoms with van der Waals surface area (Å²) in [6.45, 7) is 4.75. The Hall–Kier alpha value is -2.45. The summed E-state index contributed by atoms with van der Waals surface area (Å²) in [4.78, 5) is 25.3. The van der Waals surface area contributed by atoms with Gasteiger partial charge < -0.3 is 9.47 Å². The van der Waals surface area contributed by atoms with Gasteiger partial charge in [-0.3, -0.25) is 4.55 Å². The van der Waals surface area contributed by atoms with E-state index in [2.05, 4.69) is 38.2 Å². The number of hydrogen-bond donors (Lipinski definition) is 1. The fourth-order valence-corrected chi connectivity index (χ4v) is 7.01. The molecule has 0 aliphatic carbocycles. The van der Waals surface area contributed by atoms with E-state index in [1.54, 1.807) is 0 Å². The zero-order valence-corrected chi connectivity index (χ0v) is 33.9. The van der Waals surface area contributed by atoms with Crippen LogP contribution in [-0.4, -0.2) is 38.1 Å². The lowest BCUT2D eigenvalue weighted by Gasteiger charge is -2.13. The first-order valence-electron chi connectivity index (χ1n) is 21.1. The van der Waals surface area contributed by atoms with Crippen molar-refractivity contribution in [2.75, 3.05) is 13.2 Å². The van der Waals surface area contributed by atoms with Crippen LogP contribution in [0.25, 0.3) is 0 Å². The van der Waals surface area contributed by atoms with Crippen molar-refractivity contribution < 1.29 is 32.0 Å². The second-order valence-corrected chi connectivity index (χ2v) is 15.7. The molecule has 0 fully saturated rings. The van der Waals surface area contributed by atoms with Crippen molar-refractivity contribution in [1.82, 2.24) is 0 Å². The van der Waals surface area contributed by atoms with Crippen molar-refractivity contribution >= 4 is 22.1 Å². The average molecular weight is 747 g/mol. The summed E-state index contributed by atoms with van der Waals surface area (Å²) in [5.74, 6) is -1.77. The van der Waals surface area contributed by atoms with Gasteiger partial charge in [0.05, 0.1) is 24.3 Å². The molecule has 1 aromatic carbocycles. The summed E-state index contributed by atoms with van der Waals surface area (Å²) in [7, 11) is -4.77. The van der Waals surface area contributed by atoms with E-state index in [1.807, 2.05) is 0 Å². The van der Waals surface area contributed by atoms with Gasteiger partial charge in [-0.05, 0) is 76.3 Å². The van der Waals surface area contributed by atoms with Gasteiger partial charge in [0.1, 0.15) is 4.90 Å². The molecule has 0 amide bonds. The highest BCUT2D eigenvalue weighted by Gasteiger charge is 2.28. The Morgan fingerprint density at radius 2 is 0.865 bits per heavy atom. The van der Waals surface area contributed by atoms with E-state index >= 15 is 0 Å². The maximum absolute atomic E-state index is 13.0. The van der Waals surface area contributed by atoms with Crippen molar-refractivity contribution in [1.29, 1.82) is 0 Å². The second-order valence-electron chi connectivity index (χ2n) is 14.3. The molecule has 52 heavy (non-hydrogen) atoms. The first kappa shape index (κ1) is 47.6. The smallest absolute Gasteiger partial charge is 0.340 e. The molecule has 0 spiro atoms. The van der Waals surface area contributed by atoms with Crippen LogP contribution in [0.3, 0.4) is 0 Å². The highest BCUT2D eigenvalue weighted by Crippen LogP contribution is 2.23. The van der Waals surface area contributed by atoms with Crippen molar-refractivity contribution in [2.24, 2.45) is 0 Å². The third-order valence-electron chi connectivity index (χ3n) is 9.51. The van der Waals surface area contributed by atoms with E-state index in [4.69, 9.17) is 9.47 Å². The van der Waals surface area contributed by atoms with Gasteiger partial charge in [-0.2, -0.15) is 8.42 Å². The molecule has 1 rings (SSSR count). The van der Waals surface area contributed by atoms with Crippen LogP contribution in [-0.2, 0) is 19.6 Å². The van der Waals surface area contributed by atoms with E-state index in [0.717, 1.165) is 70.3 Å². The van der Waals surface area contributed by atoms with Crippen LogP contribution in [0.1, 0.15) is 214 Å². The molecule has 1 aromatic rings. The van der Waals surface area contributed by atoms with Gasteiger partial charge in [0.15, 0.2) is 0 Å². The first-order chi connectivity index (χ1) is 25.3. The van der Waals surface area contributed by atoms with Crippen molar-refractivity contribution in [3.05, 3.63) is 53.6 Å². The number of allylic oxidation sites excluding steroid dienone is 4. The first-order valence-corrected chi connectivity index (χ1v) is 22.5. The summed E-state index contributed by atoms with van der Waals surface area (Å²) in [5.41, 5.74) is -0.698. The molecule has 1 N–H and O–H groups in total. The molecule has 0 atom stereocenters.